The normalized spacial score (nSPS) is 14.4. The fourth-order valence-corrected chi connectivity index (χ4v) is 4.29. The van der Waals surface area contributed by atoms with E-state index in [0.717, 1.165) is 50.0 Å². The summed E-state index contributed by atoms with van der Waals surface area (Å²) in [6.07, 6.45) is 8.05. The molecule has 0 aliphatic carbocycles. The first-order chi connectivity index (χ1) is 16.2. The van der Waals surface area contributed by atoms with Crippen molar-refractivity contribution < 1.29 is 9.18 Å². The van der Waals surface area contributed by atoms with Gasteiger partial charge in [-0.15, -0.1) is 0 Å². The van der Waals surface area contributed by atoms with E-state index in [2.05, 4.69) is 37.9 Å². The molecule has 7 heteroatoms. The van der Waals surface area contributed by atoms with Crippen LogP contribution in [0.1, 0.15) is 29.5 Å². The summed E-state index contributed by atoms with van der Waals surface area (Å²) in [7, 11) is 0. The molecule has 1 amide bonds. The highest BCUT2D eigenvalue weighted by Gasteiger charge is 2.19. The largest absolute Gasteiger partial charge is 0.371 e. The van der Waals surface area contributed by atoms with Crippen molar-refractivity contribution in [1.29, 1.82) is 0 Å². The van der Waals surface area contributed by atoms with Crippen molar-refractivity contribution in [2.24, 2.45) is 0 Å². The molecule has 4 rings (SSSR count). The van der Waals surface area contributed by atoms with Gasteiger partial charge in [-0.05, 0) is 73.2 Å². The third kappa shape index (κ3) is 7.15. The SMILES string of the molecule is O=C(Cc1ccc(N2CCC(NCCc3cn[nH]c3)CC2)cc1)NCCc1cccc(F)c1. The monoisotopic (exact) mass is 449 g/mol. The molecule has 1 aliphatic heterocycles. The quantitative estimate of drug-likeness (QED) is 0.444. The minimum Gasteiger partial charge on any atom is -0.371 e. The number of benzene rings is 2. The van der Waals surface area contributed by atoms with E-state index in [1.54, 1.807) is 6.07 Å². The minimum absolute atomic E-state index is 0.0125. The molecule has 0 atom stereocenters. The zero-order chi connectivity index (χ0) is 22.9. The molecular formula is C26H32FN5O. The molecule has 0 radical (unpaired) electrons. The number of halogens is 1. The van der Waals surface area contributed by atoms with E-state index in [9.17, 15) is 9.18 Å². The summed E-state index contributed by atoms with van der Waals surface area (Å²) in [5.74, 6) is -0.258. The van der Waals surface area contributed by atoms with Crippen LogP contribution < -0.4 is 15.5 Å². The summed E-state index contributed by atoms with van der Waals surface area (Å²) in [4.78, 5) is 14.7. The van der Waals surface area contributed by atoms with Gasteiger partial charge in [0.1, 0.15) is 5.82 Å². The average molecular weight is 450 g/mol. The van der Waals surface area contributed by atoms with E-state index < -0.39 is 0 Å². The van der Waals surface area contributed by atoms with Gasteiger partial charge >= 0.3 is 0 Å². The van der Waals surface area contributed by atoms with Gasteiger partial charge in [0, 0.05) is 37.6 Å². The highest BCUT2D eigenvalue weighted by molar-refractivity contribution is 5.78. The maximum Gasteiger partial charge on any atom is 0.224 e. The molecule has 3 N–H and O–H groups in total. The number of hydrogen-bond acceptors (Lipinski definition) is 4. The van der Waals surface area contributed by atoms with E-state index in [1.165, 1.54) is 23.4 Å². The van der Waals surface area contributed by atoms with Crippen LogP contribution in [0, 0.1) is 5.82 Å². The van der Waals surface area contributed by atoms with Crippen LogP contribution >= 0.6 is 0 Å². The summed E-state index contributed by atoms with van der Waals surface area (Å²) in [5, 5.41) is 13.4. The second-order valence-corrected chi connectivity index (χ2v) is 8.65. The standard InChI is InChI=1S/C26H32FN5O/c27-23-3-1-2-20(16-23)8-13-29-26(33)17-21-4-6-25(7-5-21)32-14-10-24(11-15-32)28-12-9-22-18-30-31-19-22/h1-7,16,18-19,24,28H,8-15,17H2,(H,29,33)(H,30,31). The number of piperidine rings is 1. The van der Waals surface area contributed by atoms with E-state index in [-0.39, 0.29) is 11.7 Å². The zero-order valence-corrected chi connectivity index (χ0v) is 18.9. The first-order valence-electron chi connectivity index (χ1n) is 11.7. The lowest BCUT2D eigenvalue weighted by Gasteiger charge is -2.34. The fourth-order valence-electron chi connectivity index (χ4n) is 4.29. The summed E-state index contributed by atoms with van der Waals surface area (Å²) < 4.78 is 13.2. The lowest BCUT2D eigenvalue weighted by Crippen LogP contribution is -2.43. The van der Waals surface area contributed by atoms with E-state index in [1.807, 2.05) is 30.6 Å². The van der Waals surface area contributed by atoms with E-state index >= 15 is 0 Å². The molecule has 0 spiro atoms. The van der Waals surface area contributed by atoms with Crippen molar-refractivity contribution in [3.63, 3.8) is 0 Å². The number of anilines is 1. The predicted molar refractivity (Wildman–Crippen MR) is 129 cm³/mol. The molecule has 1 aromatic heterocycles. The Morgan fingerprint density at radius 2 is 1.82 bits per heavy atom. The van der Waals surface area contributed by atoms with Crippen LogP contribution in [0.4, 0.5) is 10.1 Å². The lowest BCUT2D eigenvalue weighted by atomic mass is 10.0. The summed E-state index contributed by atoms with van der Waals surface area (Å²) in [6.45, 7) is 3.54. The van der Waals surface area contributed by atoms with Gasteiger partial charge in [-0.2, -0.15) is 5.10 Å². The number of aromatic amines is 1. The van der Waals surface area contributed by atoms with Crippen molar-refractivity contribution in [2.45, 2.75) is 38.1 Å². The second-order valence-electron chi connectivity index (χ2n) is 8.65. The molecule has 1 fully saturated rings. The van der Waals surface area contributed by atoms with Gasteiger partial charge in [-0.1, -0.05) is 24.3 Å². The molecule has 2 heterocycles. The van der Waals surface area contributed by atoms with Gasteiger partial charge in [0.2, 0.25) is 5.91 Å². The number of aromatic nitrogens is 2. The number of nitrogens with zero attached hydrogens (tertiary/aromatic N) is 2. The van der Waals surface area contributed by atoms with Crippen LogP contribution in [0.25, 0.3) is 0 Å². The van der Waals surface area contributed by atoms with Crippen LogP contribution in [-0.4, -0.2) is 48.3 Å². The van der Waals surface area contributed by atoms with Crippen LogP contribution in [0.3, 0.4) is 0 Å². The number of H-pyrrole nitrogens is 1. The van der Waals surface area contributed by atoms with Crippen molar-refractivity contribution in [3.05, 3.63) is 83.4 Å². The van der Waals surface area contributed by atoms with Crippen molar-refractivity contribution >= 4 is 11.6 Å². The molecule has 174 valence electrons. The minimum atomic E-state index is -0.246. The molecule has 33 heavy (non-hydrogen) atoms. The van der Waals surface area contributed by atoms with Gasteiger partial charge in [0.15, 0.2) is 0 Å². The van der Waals surface area contributed by atoms with Crippen molar-refractivity contribution in [2.75, 3.05) is 31.1 Å². The van der Waals surface area contributed by atoms with Gasteiger partial charge in [-0.25, -0.2) is 4.39 Å². The lowest BCUT2D eigenvalue weighted by molar-refractivity contribution is -0.120. The summed E-state index contributed by atoms with van der Waals surface area (Å²) in [6, 6.07) is 15.4. The Morgan fingerprint density at radius 3 is 2.55 bits per heavy atom. The molecule has 3 aromatic rings. The van der Waals surface area contributed by atoms with Gasteiger partial charge in [0.25, 0.3) is 0 Å². The summed E-state index contributed by atoms with van der Waals surface area (Å²) in [5.41, 5.74) is 4.33. The molecule has 0 unspecified atom stereocenters. The predicted octanol–water partition coefficient (Wildman–Crippen LogP) is 3.25. The van der Waals surface area contributed by atoms with Gasteiger partial charge in [-0.3, -0.25) is 9.89 Å². The topological polar surface area (TPSA) is 73.0 Å². The van der Waals surface area contributed by atoms with Crippen LogP contribution in [0.2, 0.25) is 0 Å². The first kappa shape index (κ1) is 23.0. The second kappa shape index (κ2) is 11.6. The average Bonchev–Trinajstić information content (AvgIpc) is 3.34. The number of nitrogens with one attached hydrogen (secondary N) is 3. The molecule has 6 nitrogen and oxygen atoms in total. The van der Waals surface area contributed by atoms with E-state index in [0.29, 0.717) is 25.4 Å². The van der Waals surface area contributed by atoms with Gasteiger partial charge in [0.05, 0.1) is 12.6 Å². The molecule has 1 saturated heterocycles. The number of hydrogen-bond donors (Lipinski definition) is 3. The number of amides is 1. The smallest absolute Gasteiger partial charge is 0.224 e. The highest BCUT2D eigenvalue weighted by atomic mass is 19.1. The maximum absolute atomic E-state index is 13.2. The number of rotatable bonds is 10. The number of carbonyl (C=O) groups is 1. The Hall–Kier alpha value is -3.19. The number of carbonyl (C=O) groups excluding carboxylic acids is 1. The fraction of sp³-hybridized carbons (Fsp3) is 0.385. The first-order valence-corrected chi connectivity index (χ1v) is 11.7. The Kier molecular flexibility index (Phi) is 8.09. The Labute approximate surface area is 194 Å². The maximum atomic E-state index is 13.2. The van der Waals surface area contributed by atoms with Crippen LogP contribution in [0.5, 0.6) is 0 Å². The molecular weight excluding hydrogens is 417 g/mol. The Morgan fingerprint density at radius 1 is 1.03 bits per heavy atom. The molecule has 0 saturated carbocycles. The third-order valence-corrected chi connectivity index (χ3v) is 6.19. The molecule has 0 bridgehead atoms. The van der Waals surface area contributed by atoms with E-state index in [4.69, 9.17) is 0 Å². The molecule has 2 aromatic carbocycles. The summed E-state index contributed by atoms with van der Waals surface area (Å²) >= 11 is 0. The Balaban J connectivity index is 1.15. The third-order valence-electron chi connectivity index (χ3n) is 6.19. The Bertz CT molecular complexity index is 998. The van der Waals surface area contributed by atoms with Crippen LogP contribution in [-0.2, 0) is 24.1 Å². The van der Waals surface area contributed by atoms with Gasteiger partial charge < -0.3 is 15.5 Å². The van der Waals surface area contributed by atoms with Crippen molar-refractivity contribution in [3.8, 4) is 0 Å². The zero-order valence-electron chi connectivity index (χ0n) is 18.9. The van der Waals surface area contributed by atoms with Crippen LogP contribution in [0.15, 0.2) is 60.9 Å². The highest BCUT2D eigenvalue weighted by Crippen LogP contribution is 2.21. The molecule has 1 aliphatic rings. The van der Waals surface area contributed by atoms with Crippen molar-refractivity contribution in [1.82, 2.24) is 20.8 Å².